The molecule has 120 valence electrons. The minimum absolute atomic E-state index is 0.127. The standard InChI is InChI=1S/C14H18BrF4NO/c1-3-6-20-12(4-5-14(17,18)19)9-7-10(15)11(16)8-13(9)21-2/h7-8,12,20H,3-6H2,1-2H3. The molecule has 1 atom stereocenters. The SMILES string of the molecule is CCCNC(CCC(F)(F)F)c1cc(Br)c(F)cc1OC. The van der Waals surface area contributed by atoms with Gasteiger partial charge in [0.15, 0.2) is 0 Å². The maximum Gasteiger partial charge on any atom is 0.389 e. The number of hydrogen-bond donors (Lipinski definition) is 1. The fraction of sp³-hybridized carbons (Fsp3) is 0.571. The van der Waals surface area contributed by atoms with Gasteiger partial charge in [0.1, 0.15) is 11.6 Å². The predicted molar refractivity (Wildman–Crippen MR) is 77.0 cm³/mol. The van der Waals surface area contributed by atoms with Gasteiger partial charge in [-0.05, 0) is 41.4 Å². The van der Waals surface area contributed by atoms with Crippen molar-refractivity contribution in [2.45, 2.75) is 38.4 Å². The fourth-order valence-corrected chi connectivity index (χ4v) is 2.35. The lowest BCUT2D eigenvalue weighted by molar-refractivity contribution is -0.136. The summed E-state index contributed by atoms with van der Waals surface area (Å²) in [7, 11) is 1.37. The van der Waals surface area contributed by atoms with Crippen molar-refractivity contribution in [3.8, 4) is 5.75 Å². The van der Waals surface area contributed by atoms with Gasteiger partial charge in [-0.15, -0.1) is 0 Å². The third-order valence-electron chi connectivity index (χ3n) is 3.01. The van der Waals surface area contributed by atoms with Crippen molar-refractivity contribution in [1.29, 1.82) is 0 Å². The van der Waals surface area contributed by atoms with Gasteiger partial charge in [-0.3, -0.25) is 0 Å². The minimum atomic E-state index is -4.23. The number of benzene rings is 1. The van der Waals surface area contributed by atoms with Crippen LogP contribution in [0.25, 0.3) is 0 Å². The quantitative estimate of drug-likeness (QED) is 0.682. The van der Waals surface area contributed by atoms with E-state index in [2.05, 4.69) is 21.2 Å². The lowest BCUT2D eigenvalue weighted by Gasteiger charge is -2.22. The molecule has 0 aliphatic heterocycles. The van der Waals surface area contributed by atoms with Gasteiger partial charge in [-0.25, -0.2) is 4.39 Å². The van der Waals surface area contributed by atoms with Gasteiger partial charge in [-0.1, -0.05) is 6.92 Å². The predicted octanol–water partition coefficient (Wildman–Crippen LogP) is 4.98. The summed E-state index contributed by atoms with van der Waals surface area (Å²) in [6.45, 7) is 2.49. The second-order valence-corrected chi connectivity index (χ2v) is 5.52. The van der Waals surface area contributed by atoms with Crippen LogP contribution in [0.15, 0.2) is 16.6 Å². The molecule has 0 amide bonds. The van der Waals surface area contributed by atoms with Crippen LogP contribution in [0.3, 0.4) is 0 Å². The molecule has 1 N–H and O–H groups in total. The highest BCUT2D eigenvalue weighted by atomic mass is 79.9. The van der Waals surface area contributed by atoms with Crippen LogP contribution < -0.4 is 10.1 Å². The summed E-state index contributed by atoms with van der Waals surface area (Å²) >= 11 is 3.06. The Balaban J connectivity index is 3.03. The Morgan fingerprint density at radius 1 is 1.33 bits per heavy atom. The fourth-order valence-electron chi connectivity index (χ4n) is 1.99. The molecule has 0 saturated carbocycles. The Labute approximate surface area is 130 Å². The highest BCUT2D eigenvalue weighted by Gasteiger charge is 2.29. The van der Waals surface area contributed by atoms with Crippen molar-refractivity contribution in [1.82, 2.24) is 5.32 Å². The van der Waals surface area contributed by atoms with Crippen molar-refractivity contribution >= 4 is 15.9 Å². The average molecular weight is 372 g/mol. The van der Waals surface area contributed by atoms with Crippen LogP contribution in [-0.4, -0.2) is 19.8 Å². The molecule has 0 aliphatic carbocycles. The first-order valence-electron chi connectivity index (χ1n) is 6.61. The van der Waals surface area contributed by atoms with Crippen molar-refractivity contribution in [2.24, 2.45) is 0 Å². The zero-order chi connectivity index (χ0) is 16.0. The molecule has 21 heavy (non-hydrogen) atoms. The van der Waals surface area contributed by atoms with Gasteiger partial charge in [-0.2, -0.15) is 13.2 Å². The van der Waals surface area contributed by atoms with E-state index in [1.165, 1.54) is 19.2 Å². The first-order chi connectivity index (χ1) is 9.78. The van der Waals surface area contributed by atoms with E-state index in [-0.39, 0.29) is 16.6 Å². The Hall–Kier alpha value is -0.820. The zero-order valence-electron chi connectivity index (χ0n) is 11.9. The van der Waals surface area contributed by atoms with Gasteiger partial charge in [0.2, 0.25) is 0 Å². The first-order valence-corrected chi connectivity index (χ1v) is 7.40. The molecule has 0 aromatic heterocycles. The van der Waals surface area contributed by atoms with Gasteiger partial charge in [0.05, 0.1) is 11.6 Å². The van der Waals surface area contributed by atoms with Gasteiger partial charge in [0, 0.05) is 24.1 Å². The summed E-state index contributed by atoms with van der Waals surface area (Å²) < 4.78 is 56.2. The van der Waals surface area contributed by atoms with Crippen LogP contribution in [-0.2, 0) is 0 Å². The summed E-state index contributed by atoms with van der Waals surface area (Å²) in [5.41, 5.74) is 0.517. The second-order valence-electron chi connectivity index (χ2n) is 4.67. The smallest absolute Gasteiger partial charge is 0.389 e. The van der Waals surface area contributed by atoms with E-state index in [9.17, 15) is 17.6 Å². The van der Waals surface area contributed by atoms with Gasteiger partial charge < -0.3 is 10.1 Å². The lowest BCUT2D eigenvalue weighted by atomic mass is 10.0. The molecule has 1 aromatic rings. The molecular formula is C14H18BrF4NO. The highest BCUT2D eigenvalue weighted by Crippen LogP contribution is 2.35. The molecule has 0 spiro atoms. The number of nitrogens with one attached hydrogen (secondary N) is 1. The zero-order valence-corrected chi connectivity index (χ0v) is 13.4. The molecule has 2 nitrogen and oxygen atoms in total. The Bertz CT molecular complexity index is 465. The van der Waals surface area contributed by atoms with E-state index in [1.807, 2.05) is 6.92 Å². The Kier molecular flexibility index (Phi) is 6.93. The summed E-state index contributed by atoms with van der Waals surface area (Å²) in [4.78, 5) is 0. The third kappa shape index (κ3) is 5.82. The molecule has 0 fully saturated rings. The van der Waals surface area contributed by atoms with Gasteiger partial charge >= 0.3 is 6.18 Å². The molecule has 7 heteroatoms. The van der Waals surface area contributed by atoms with Crippen LogP contribution in [0, 0.1) is 5.82 Å². The van der Waals surface area contributed by atoms with Crippen LogP contribution in [0.2, 0.25) is 0 Å². The first kappa shape index (κ1) is 18.2. The number of alkyl halides is 3. The maximum atomic E-state index is 13.5. The number of rotatable bonds is 7. The van der Waals surface area contributed by atoms with Crippen molar-refractivity contribution < 1.29 is 22.3 Å². The third-order valence-corrected chi connectivity index (χ3v) is 3.61. The minimum Gasteiger partial charge on any atom is -0.496 e. The summed E-state index contributed by atoms with van der Waals surface area (Å²) in [6, 6.07) is 2.10. The van der Waals surface area contributed by atoms with E-state index in [0.29, 0.717) is 12.1 Å². The van der Waals surface area contributed by atoms with Crippen LogP contribution in [0.4, 0.5) is 17.6 Å². The second kappa shape index (κ2) is 7.98. The molecule has 0 aliphatic rings. The van der Waals surface area contributed by atoms with Crippen molar-refractivity contribution in [2.75, 3.05) is 13.7 Å². The number of hydrogen-bond acceptors (Lipinski definition) is 2. The molecule has 0 heterocycles. The Morgan fingerprint density at radius 2 is 2.00 bits per heavy atom. The molecule has 1 aromatic carbocycles. The molecule has 0 saturated heterocycles. The largest absolute Gasteiger partial charge is 0.496 e. The molecule has 0 bridgehead atoms. The maximum absolute atomic E-state index is 13.5. The molecule has 1 rings (SSSR count). The van der Waals surface area contributed by atoms with Gasteiger partial charge in [0.25, 0.3) is 0 Å². The summed E-state index contributed by atoms with van der Waals surface area (Å²) in [6.07, 6.45) is -4.48. The van der Waals surface area contributed by atoms with Crippen LogP contribution >= 0.6 is 15.9 Å². The van der Waals surface area contributed by atoms with Crippen LogP contribution in [0.5, 0.6) is 5.75 Å². The molecular weight excluding hydrogens is 354 g/mol. The normalized spacial score (nSPS) is 13.3. The van der Waals surface area contributed by atoms with Crippen LogP contribution in [0.1, 0.15) is 37.8 Å². The topological polar surface area (TPSA) is 21.3 Å². The number of ether oxygens (including phenoxy) is 1. The average Bonchev–Trinajstić information content (AvgIpc) is 2.40. The molecule has 1 unspecified atom stereocenters. The van der Waals surface area contributed by atoms with E-state index < -0.39 is 24.5 Å². The van der Waals surface area contributed by atoms with E-state index in [0.717, 1.165) is 6.42 Å². The monoisotopic (exact) mass is 371 g/mol. The van der Waals surface area contributed by atoms with Crippen molar-refractivity contribution in [3.63, 3.8) is 0 Å². The summed E-state index contributed by atoms with van der Waals surface area (Å²) in [5, 5.41) is 3.06. The Morgan fingerprint density at radius 3 is 2.52 bits per heavy atom. The molecule has 0 radical (unpaired) electrons. The van der Waals surface area contributed by atoms with E-state index in [4.69, 9.17) is 4.74 Å². The number of halogens is 5. The van der Waals surface area contributed by atoms with E-state index >= 15 is 0 Å². The van der Waals surface area contributed by atoms with E-state index in [1.54, 1.807) is 0 Å². The lowest BCUT2D eigenvalue weighted by Crippen LogP contribution is -2.24. The number of methoxy groups -OCH3 is 1. The highest BCUT2D eigenvalue weighted by molar-refractivity contribution is 9.10. The van der Waals surface area contributed by atoms with Crippen molar-refractivity contribution in [3.05, 3.63) is 28.0 Å². The summed E-state index contributed by atoms with van der Waals surface area (Å²) in [5.74, 6) is -0.271.